The van der Waals surface area contributed by atoms with Crippen LogP contribution in [0.3, 0.4) is 0 Å². The standard InChI is InChI=1S/C14H17BrN2O2S2/c1-16-8-13-7-14(10-20-13)21(18,19)17(2)9-11-3-5-12(15)6-4-11/h3-7,10,16H,8-9H2,1-2H3. The van der Waals surface area contributed by atoms with Crippen LogP contribution in [0.5, 0.6) is 0 Å². The monoisotopic (exact) mass is 388 g/mol. The number of halogens is 1. The van der Waals surface area contributed by atoms with Crippen molar-refractivity contribution in [2.45, 2.75) is 18.0 Å². The zero-order valence-electron chi connectivity index (χ0n) is 11.8. The fraction of sp³-hybridized carbons (Fsp3) is 0.286. The molecule has 0 atom stereocenters. The van der Waals surface area contributed by atoms with E-state index in [1.165, 1.54) is 15.6 Å². The Kier molecular flexibility index (Phi) is 5.56. The van der Waals surface area contributed by atoms with Gasteiger partial charge in [-0.2, -0.15) is 4.31 Å². The molecule has 4 nitrogen and oxygen atoms in total. The zero-order chi connectivity index (χ0) is 15.5. The highest BCUT2D eigenvalue weighted by Crippen LogP contribution is 2.23. The van der Waals surface area contributed by atoms with Crippen molar-refractivity contribution in [2.24, 2.45) is 0 Å². The third kappa shape index (κ3) is 4.14. The van der Waals surface area contributed by atoms with Crippen molar-refractivity contribution in [3.05, 3.63) is 50.6 Å². The number of sulfonamides is 1. The molecule has 7 heteroatoms. The SMILES string of the molecule is CNCc1cc(S(=O)(=O)N(C)Cc2ccc(Br)cc2)cs1. The molecule has 114 valence electrons. The lowest BCUT2D eigenvalue weighted by Crippen LogP contribution is -2.26. The summed E-state index contributed by atoms with van der Waals surface area (Å²) in [4.78, 5) is 1.37. The van der Waals surface area contributed by atoms with E-state index in [4.69, 9.17) is 0 Å². The molecule has 1 aromatic carbocycles. The van der Waals surface area contributed by atoms with Crippen molar-refractivity contribution in [1.29, 1.82) is 0 Å². The van der Waals surface area contributed by atoms with Gasteiger partial charge in [-0.3, -0.25) is 0 Å². The zero-order valence-corrected chi connectivity index (χ0v) is 15.1. The molecule has 0 aliphatic heterocycles. The van der Waals surface area contributed by atoms with Gasteiger partial charge in [0.15, 0.2) is 0 Å². The highest BCUT2D eigenvalue weighted by Gasteiger charge is 2.22. The van der Waals surface area contributed by atoms with Crippen molar-refractivity contribution in [3.8, 4) is 0 Å². The summed E-state index contributed by atoms with van der Waals surface area (Å²) in [5.41, 5.74) is 0.954. The van der Waals surface area contributed by atoms with Crippen LogP contribution in [0, 0.1) is 0 Å². The molecule has 1 N–H and O–H groups in total. The number of thiophene rings is 1. The number of nitrogens with one attached hydrogen (secondary N) is 1. The molecule has 1 heterocycles. The van der Waals surface area contributed by atoms with Crippen LogP contribution in [0.15, 0.2) is 45.1 Å². The molecular formula is C14H17BrN2O2S2. The maximum absolute atomic E-state index is 12.5. The Morgan fingerprint density at radius 3 is 2.57 bits per heavy atom. The Bertz CT molecular complexity index is 696. The fourth-order valence-electron chi connectivity index (χ4n) is 1.87. The Morgan fingerprint density at radius 1 is 1.29 bits per heavy atom. The van der Waals surface area contributed by atoms with Crippen LogP contribution < -0.4 is 5.32 Å². The Morgan fingerprint density at radius 2 is 1.95 bits per heavy atom. The minimum atomic E-state index is -3.44. The molecule has 0 aliphatic carbocycles. The van der Waals surface area contributed by atoms with Crippen molar-refractivity contribution in [3.63, 3.8) is 0 Å². The molecule has 0 spiro atoms. The number of hydrogen-bond acceptors (Lipinski definition) is 4. The van der Waals surface area contributed by atoms with Crippen LogP contribution >= 0.6 is 27.3 Å². The molecule has 2 aromatic rings. The second kappa shape index (κ2) is 7.02. The summed E-state index contributed by atoms with van der Waals surface area (Å²) in [7, 11) is 0.00425. The van der Waals surface area contributed by atoms with Gasteiger partial charge in [-0.25, -0.2) is 8.42 Å². The first-order chi connectivity index (χ1) is 9.93. The highest BCUT2D eigenvalue weighted by molar-refractivity contribution is 9.10. The minimum Gasteiger partial charge on any atom is -0.315 e. The normalized spacial score (nSPS) is 12.0. The Hall–Kier alpha value is -0.730. The van der Waals surface area contributed by atoms with Crippen molar-refractivity contribution >= 4 is 37.3 Å². The molecule has 0 amide bonds. The third-order valence-corrected chi connectivity index (χ3v) is 6.40. The van der Waals surface area contributed by atoms with Gasteiger partial charge in [0.1, 0.15) is 0 Å². The molecule has 2 rings (SSSR count). The first-order valence-corrected chi connectivity index (χ1v) is 9.47. The molecule has 0 radical (unpaired) electrons. The quantitative estimate of drug-likeness (QED) is 0.826. The van der Waals surface area contributed by atoms with Gasteiger partial charge in [0.25, 0.3) is 0 Å². The summed E-state index contributed by atoms with van der Waals surface area (Å²) in [6, 6.07) is 9.37. The number of hydrogen-bond donors (Lipinski definition) is 1. The predicted molar refractivity (Wildman–Crippen MR) is 89.9 cm³/mol. The molecule has 1 aromatic heterocycles. The molecule has 21 heavy (non-hydrogen) atoms. The second-order valence-electron chi connectivity index (χ2n) is 4.67. The van der Waals surface area contributed by atoms with Gasteiger partial charge in [0.05, 0.1) is 4.90 Å². The lowest BCUT2D eigenvalue weighted by Gasteiger charge is -2.16. The first kappa shape index (κ1) is 16.6. The minimum absolute atomic E-state index is 0.354. The van der Waals surface area contributed by atoms with Gasteiger partial charge in [-0.1, -0.05) is 28.1 Å². The number of benzene rings is 1. The molecule has 0 unspecified atom stereocenters. The summed E-state index contributed by atoms with van der Waals surface area (Å²) in [5, 5.41) is 4.72. The van der Waals surface area contributed by atoms with E-state index >= 15 is 0 Å². The Balaban J connectivity index is 2.15. The second-order valence-corrected chi connectivity index (χ2v) is 8.62. The average Bonchev–Trinajstić information content (AvgIpc) is 2.91. The fourth-order valence-corrected chi connectivity index (χ4v) is 4.57. The van der Waals surface area contributed by atoms with E-state index < -0.39 is 10.0 Å². The van der Waals surface area contributed by atoms with Crippen molar-refractivity contribution < 1.29 is 8.42 Å². The molecule has 0 saturated heterocycles. The van der Waals surface area contributed by atoms with Crippen LogP contribution in [-0.2, 0) is 23.1 Å². The van der Waals surface area contributed by atoms with Gasteiger partial charge >= 0.3 is 0 Å². The van der Waals surface area contributed by atoms with E-state index in [0.717, 1.165) is 14.9 Å². The van der Waals surface area contributed by atoms with Crippen molar-refractivity contribution in [2.75, 3.05) is 14.1 Å². The summed E-state index contributed by atoms with van der Waals surface area (Å²) >= 11 is 4.82. The molecule has 0 aliphatic rings. The molecule has 0 fully saturated rings. The van der Waals surface area contributed by atoms with Crippen LogP contribution in [0.1, 0.15) is 10.4 Å². The van der Waals surface area contributed by atoms with Crippen LogP contribution in [0.4, 0.5) is 0 Å². The third-order valence-electron chi connectivity index (χ3n) is 3.01. The topological polar surface area (TPSA) is 49.4 Å². The van der Waals surface area contributed by atoms with Gasteiger partial charge in [0.2, 0.25) is 10.0 Å². The van der Waals surface area contributed by atoms with Gasteiger partial charge in [-0.15, -0.1) is 11.3 Å². The summed E-state index contributed by atoms with van der Waals surface area (Å²) in [5.74, 6) is 0. The number of rotatable bonds is 6. The van der Waals surface area contributed by atoms with Crippen LogP contribution in [0.25, 0.3) is 0 Å². The summed E-state index contributed by atoms with van der Waals surface area (Å²) < 4.78 is 27.4. The maximum Gasteiger partial charge on any atom is 0.243 e. The summed E-state index contributed by atoms with van der Waals surface area (Å²) in [6.07, 6.45) is 0. The van der Waals surface area contributed by atoms with Crippen LogP contribution in [0.2, 0.25) is 0 Å². The molecular weight excluding hydrogens is 372 g/mol. The predicted octanol–water partition coefficient (Wildman–Crippen LogP) is 3.05. The average molecular weight is 389 g/mol. The number of nitrogens with zero attached hydrogens (tertiary/aromatic N) is 1. The van der Waals surface area contributed by atoms with Gasteiger partial charge < -0.3 is 5.32 Å². The van der Waals surface area contributed by atoms with E-state index in [1.54, 1.807) is 18.5 Å². The van der Waals surface area contributed by atoms with Crippen molar-refractivity contribution in [1.82, 2.24) is 9.62 Å². The van der Waals surface area contributed by atoms with Gasteiger partial charge in [-0.05, 0) is 30.8 Å². The lowest BCUT2D eigenvalue weighted by atomic mass is 10.2. The lowest BCUT2D eigenvalue weighted by molar-refractivity contribution is 0.467. The van der Waals surface area contributed by atoms with E-state index in [0.29, 0.717) is 18.0 Å². The summed E-state index contributed by atoms with van der Waals surface area (Å²) in [6.45, 7) is 1.03. The maximum atomic E-state index is 12.5. The highest BCUT2D eigenvalue weighted by atomic mass is 79.9. The smallest absolute Gasteiger partial charge is 0.243 e. The molecule has 0 saturated carbocycles. The van der Waals surface area contributed by atoms with E-state index in [1.807, 2.05) is 31.3 Å². The first-order valence-electron chi connectivity index (χ1n) is 6.36. The Labute approximate surface area is 138 Å². The molecule has 0 bridgehead atoms. The van der Waals surface area contributed by atoms with E-state index in [2.05, 4.69) is 21.2 Å². The van der Waals surface area contributed by atoms with Gasteiger partial charge in [0, 0.05) is 34.9 Å². The van der Waals surface area contributed by atoms with Crippen LogP contribution in [-0.4, -0.2) is 26.8 Å². The van der Waals surface area contributed by atoms with E-state index in [9.17, 15) is 8.42 Å². The van der Waals surface area contributed by atoms with E-state index in [-0.39, 0.29) is 0 Å². The largest absolute Gasteiger partial charge is 0.315 e.